The second-order valence-corrected chi connectivity index (χ2v) is 7.42. The zero-order valence-corrected chi connectivity index (χ0v) is 17.1. The molecule has 0 atom stereocenters. The second-order valence-electron chi connectivity index (χ2n) is 6.98. The summed E-state index contributed by atoms with van der Waals surface area (Å²) in [4.78, 5) is 37.1. The molecule has 0 fully saturated rings. The van der Waals surface area contributed by atoms with Crippen molar-refractivity contribution < 1.29 is 9.59 Å². The summed E-state index contributed by atoms with van der Waals surface area (Å²) in [7, 11) is 0. The Bertz CT molecular complexity index is 1330. The van der Waals surface area contributed by atoms with Crippen molar-refractivity contribution in [3.8, 4) is 0 Å². The molecule has 6 nitrogen and oxygen atoms in total. The molecule has 4 aromatic rings. The average molecular weight is 432 g/mol. The number of aromatic nitrogens is 1. The Morgan fingerprint density at radius 3 is 2.16 bits per heavy atom. The molecule has 0 saturated heterocycles. The highest BCUT2D eigenvalue weighted by Crippen LogP contribution is 2.15. The van der Waals surface area contributed by atoms with Gasteiger partial charge in [0.15, 0.2) is 0 Å². The summed E-state index contributed by atoms with van der Waals surface area (Å²) >= 11 is 5.89. The largest absolute Gasteiger partial charge is 0.310 e. The van der Waals surface area contributed by atoms with Crippen LogP contribution in [-0.2, 0) is 6.54 Å². The fourth-order valence-corrected chi connectivity index (χ4v) is 3.29. The molecule has 154 valence electrons. The lowest BCUT2D eigenvalue weighted by Gasteiger charge is -2.10. The first-order chi connectivity index (χ1) is 15.0. The number of fused-ring (bicyclic) bond motifs is 1. The number of amides is 2. The molecule has 1 heterocycles. The molecule has 0 aliphatic carbocycles. The summed E-state index contributed by atoms with van der Waals surface area (Å²) in [6.45, 7) is 0.292. The van der Waals surface area contributed by atoms with Gasteiger partial charge in [-0.3, -0.25) is 25.2 Å². The molecule has 0 aliphatic rings. The first-order valence-corrected chi connectivity index (χ1v) is 9.92. The zero-order valence-electron chi connectivity index (χ0n) is 16.3. The molecule has 0 radical (unpaired) electrons. The number of hydrogen-bond donors (Lipinski definition) is 2. The molecule has 3 aromatic carbocycles. The molecular formula is C24H18ClN3O3. The predicted octanol–water partition coefficient (Wildman–Crippen LogP) is 3.78. The van der Waals surface area contributed by atoms with E-state index in [0.29, 0.717) is 17.1 Å². The van der Waals surface area contributed by atoms with E-state index < -0.39 is 11.8 Å². The number of pyridine rings is 1. The van der Waals surface area contributed by atoms with E-state index in [2.05, 4.69) is 10.9 Å². The Morgan fingerprint density at radius 2 is 1.42 bits per heavy atom. The number of hydrogen-bond acceptors (Lipinski definition) is 3. The van der Waals surface area contributed by atoms with Gasteiger partial charge in [-0.15, -0.1) is 0 Å². The number of halogens is 1. The van der Waals surface area contributed by atoms with E-state index in [-0.39, 0.29) is 11.1 Å². The first-order valence-electron chi connectivity index (χ1n) is 9.54. The minimum Gasteiger partial charge on any atom is -0.310 e. The highest BCUT2D eigenvalue weighted by molar-refractivity contribution is 6.30. The van der Waals surface area contributed by atoms with Crippen LogP contribution in [-0.4, -0.2) is 16.4 Å². The van der Waals surface area contributed by atoms with Gasteiger partial charge in [0.05, 0.1) is 12.1 Å². The summed E-state index contributed by atoms with van der Waals surface area (Å²) in [5, 5.41) is 2.55. The fraction of sp³-hybridized carbons (Fsp3) is 0.0417. The van der Waals surface area contributed by atoms with Gasteiger partial charge in [0, 0.05) is 22.8 Å². The predicted molar refractivity (Wildman–Crippen MR) is 120 cm³/mol. The van der Waals surface area contributed by atoms with Gasteiger partial charge in [-0.1, -0.05) is 54.1 Å². The molecule has 0 saturated carbocycles. The maximum Gasteiger partial charge on any atom is 0.271 e. The van der Waals surface area contributed by atoms with Gasteiger partial charge in [0.25, 0.3) is 17.4 Å². The number of carbonyl (C=O) groups is 2. The number of nitrogens with zero attached hydrogens (tertiary/aromatic N) is 1. The van der Waals surface area contributed by atoms with Gasteiger partial charge >= 0.3 is 0 Å². The standard InChI is InChI=1S/C24H18ClN3O3/c25-21-10-5-16(6-11-21)14-28-15-20(9-12-22(28)29)24(31)27-26-23(30)19-8-7-17-3-1-2-4-18(17)13-19/h1-13,15H,14H2,(H,26,30)(H,27,31). The smallest absolute Gasteiger partial charge is 0.271 e. The number of benzene rings is 3. The van der Waals surface area contributed by atoms with Gasteiger partial charge < -0.3 is 4.57 Å². The molecule has 0 spiro atoms. The van der Waals surface area contributed by atoms with Crippen molar-refractivity contribution in [3.05, 3.63) is 117 Å². The van der Waals surface area contributed by atoms with Crippen molar-refractivity contribution in [1.82, 2.24) is 15.4 Å². The Balaban J connectivity index is 1.44. The lowest BCUT2D eigenvalue weighted by Crippen LogP contribution is -2.42. The van der Waals surface area contributed by atoms with Gasteiger partial charge in [0.2, 0.25) is 0 Å². The first kappa shape index (κ1) is 20.4. The fourth-order valence-electron chi connectivity index (χ4n) is 3.16. The van der Waals surface area contributed by atoms with E-state index in [0.717, 1.165) is 16.3 Å². The second kappa shape index (κ2) is 8.85. The van der Waals surface area contributed by atoms with Gasteiger partial charge in [-0.25, -0.2) is 0 Å². The summed E-state index contributed by atoms with van der Waals surface area (Å²) in [5.74, 6) is -0.965. The highest BCUT2D eigenvalue weighted by Gasteiger charge is 2.11. The molecule has 2 N–H and O–H groups in total. The minimum atomic E-state index is -0.529. The van der Waals surface area contributed by atoms with Crippen molar-refractivity contribution in [2.24, 2.45) is 0 Å². The maximum absolute atomic E-state index is 12.5. The molecule has 2 amide bonds. The number of nitrogens with one attached hydrogen (secondary N) is 2. The SMILES string of the molecule is O=C(NNC(=O)c1ccc(=O)n(Cc2ccc(Cl)cc2)c1)c1ccc2ccccc2c1. The Labute approximate surface area is 183 Å². The van der Waals surface area contributed by atoms with Gasteiger partial charge in [0.1, 0.15) is 0 Å². The highest BCUT2D eigenvalue weighted by atomic mass is 35.5. The van der Waals surface area contributed by atoms with Crippen LogP contribution in [0.15, 0.2) is 89.9 Å². The van der Waals surface area contributed by atoms with Crippen LogP contribution in [0.1, 0.15) is 26.3 Å². The van der Waals surface area contributed by atoms with E-state index in [1.807, 2.05) is 42.5 Å². The molecule has 0 unspecified atom stereocenters. The topological polar surface area (TPSA) is 80.2 Å². The number of rotatable bonds is 4. The third kappa shape index (κ3) is 4.82. The molecule has 1 aromatic heterocycles. The lowest BCUT2D eigenvalue weighted by atomic mass is 10.1. The molecule has 4 rings (SSSR count). The van der Waals surface area contributed by atoms with Crippen LogP contribution < -0.4 is 16.4 Å². The van der Waals surface area contributed by atoms with E-state index in [9.17, 15) is 14.4 Å². The normalized spacial score (nSPS) is 10.6. The van der Waals surface area contributed by atoms with Crippen LogP contribution in [0.4, 0.5) is 0 Å². The summed E-state index contributed by atoms with van der Waals surface area (Å²) in [5.41, 5.74) is 6.09. The Kier molecular flexibility index (Phi) is 5.82. The van der Waals surface area contributed by atoms with Gasteiger partial charge in [-0.2, -0.15) is 0 Å². The third-order valence-corrected chi connectivity index (χ3v) is 5.07. The van der Waals surface area contributed by atoms with Crippen molar-refractivity contribution in [2.45, 2.75) is 6.54 Å². The van der Waals surface area contributed by atoms with Crippen LogP contribution in [0.2, 0.25) is 5.02 Å². The van der Waals surface area contributed by atoms with Crippen molar-refractivity contribution >= 4 is 34.2 Å². The summed E-state index contributed by atoms with van der Waals surface area (Å²) in [6.07, 6.45) is 1.45. The monoisotopic (exact) mass is 431 g/mol. The van der Waals surface area contributed by atoms with Crippen LogP contribution >= 0.6 is 11.6 Å². The van der Waals surface area contributed by atoms with Crippen molar-refractivity contribution in [1.29, 1.82) is 0 Å². The maximum atomic E-state index is 12.5. The minimum absolute atomic E-state index is 0.243. The van der Waals surface area contributed by atoms with E-state index >= 15 is 0 Å². The van der Waals surface area contributed by atoms with Crippen LogP contribution in [0.3, 0.4) is 0 Å². The van der Waals surface area contributed by atoms with Crippen LogP contribution in [0.5, 0.6) is 0 Å². The van der Waals surface area contributed by atoms with Crippen molar-refractivity contribution in [2.75, 3.05) is 0 Å². The van der Waals surface area contributed by atoms with E-state index in [1.54, 1.807) is 24.3 Å². The number of hydrazine groups is 1. The molecule has 7 heteroatoms. The van der Waals surface area contributed by atoms with Gasteiger partial charge in [-0.05, 0) is 46.7 Å². The van der Waals surface area contributed by atoms with Crippen molar-refractivity contribution in [3.63, 3.8) is 0 Å². The molecule has 0 bridgehead atoms. The van der Waals surface area contributed by atoms with E-state index in [4.69, 9.17) is 11.6 Å². The third-order valence-electron chi connectivity index (χ3n) is 4.81. The number of carbonyl (C=O) groups excluding carboxylic acids is 2. The Morgan fingerprint density at radius 1 is 0.774 bits per heavy atom. The Hall–Kier alpha value is -3.90. The lowest BCUT2D eigenvalue weighted by molar-refractivity contribution is 0.0846. The zero-order chi connectivity index (χ0) is 21.8. The average Bonchev–Trinajstić information content (AvgIpc) is 2.79. The summed E-state index contributed by atoms with van der Waals surface area (Å²) < 4.78 is 1.42. The van der Waals surface area contributed by atoms with Crippen LogP contribution in [0, 0.1) is 0 Å². The molecule has 0 aliphatic heterocycles. The summed E-state index contributed by atoms with van der Waals surface area (Å²) in [6, 6.07) is 22.8. The molecule has 31 heavy (non-hydrogen) atoms. The van der Waals surface area contributed by atoms with E-state index in [1.165, 1.54) is 22.9 Å². The van der Waals surface area contributed by atoms with Crippen LogP contribution in [0.25, 0.3) is 10.8 Å². The quantitative estimate of drug-likeness (QED) is 0.482. The molecular weight excluding hydrogens is 414 g/mol.